The van der Waals surface area contributed by atoms with Crippen LogP contribution in [0, 0.1) is 6.92 Å². The van der Waals surface area contributed by atoms with Gasteiger partial charge in [0.1, 0.15) is 6.04 Å². The summed E-state index contributed by atoms with van der Waals surface area (Å²) in [6.07, 6.45) is -0.125. The number of nitrogens with one attached hydrogen (secondary N) is 2. The van der Waals surface area contributed by atoms with Gasteiger partial charge < -0.3 is 15.0 Å². The summed E-state index contributed by atoms with van der Waals surface area (Å²) in [7, 11) is 0. The molecule has 1 aromatic rings. The second-order valence-electron chi connectivity index (χ2n) is 5.64. The Morgan fingerprint density at radius 2 is 2.20 bits per heavy atom. The molecule has 8 heteroatoms. The summed E-state index contributed by atoms with van der Waals surface area (Å²) >= 11 is 5.29. The molecule has 1 heterocycles. The first-order valence-electron chi connectivity index (χ1n) is 8.04. The van der Waals surface area contributed by atoms with Gasteiger partial charge in [-0.3, -0.25) is 19.7 Å². The van der Waals surface area contributed by atoms with Gasteiger partial charge in [0.2, 0.25) is 5.91 Å². The fourth-order valence-corrected chi connectivity index (χ4v) is 2.88. The Balaban J connectivity index is 2.07. The zero-order chi connectivity index (χ0) is 18.4. The third-order valence-electron chi connectivity index (χ3n) is 3.76. The van der Waals surface area contributed by atoms with E-state index in [0.717, 1.165) is 5.56 Å². The van der Waals surface area contributed by atoms with Crippen molar-refractivity contribution in [3.05, 3.63) is 35.4 Å². The normalized spacial score (nSPS) is 16.8. The Morgan fingerprint density at radius 1 is 1.44 bits per heavy atom. The van der Waals surface area contributed by atoms with E-state index in [1.165, 1.54) is 0 Å². The van der Waals surface area contributed by atoms with Gasteiger partial charge >= 0.3 is 5.97 Å². The van der Waals surface area contributed by atoms with E-state index in [9.17, 15) is 14.4 Å². The van der Waals surface area contributed by atoms with Crippen molar-refractivity contribution in [2.45, 2.75) is 26.3 Å². The van der Waals surface area contributed by atoms with Crippen molar-refractivity contribution in [2.24, 2.45) is 0 Å². The van der Waals surface area contributed by atoms with Crippen molar-refractivity contribution in [3.63, 3.8) is 0 Å². The number of nitrogens with zero attached hydrogens (tertiary/aromatic N) is 1. The zero-order valence-corrected chi connectivity index (χ0v) is 15.0. The minimum absolute atomic E-state index is 0.121. The first-order valence-corrected chi connectivity index (χ1v) is 8.45. The highest BCUT2D eigenvalue weighted by Crippen LogP contribution is 2.11. The van der Waals surface area contributed by atoms with Crippen LogP contribution >= 0.6 is 12.2 Å². The molecule has 134 valence electrons. The lowest BCUT2D eigenvalue weighted by atomic mass is 10.1. The SMILES string of the molecule is CCOC(=O)CC1C(=O)NCCN1C(=S)NC(=O)c1cccc(C)c1. The number of esters is 1. The maximum absolute atomic E-state index is 12.3. The largest absolute Gasteiger partial charge is 0.466 e. The fourth-order valence-electron chi connectivity index (χ4n) is 2.57. The molecule has 2 amide bonds. The molecule has 1 saturated heterocycles. The Labute approximate surface area is 151 Å². The average Bonchev–Trinajstić information content (AvgIpc) is 2.56. The summed E-state index contributed by atoms with van der Waals surface area (Å²) in [4.78, 5) is 37.8. The summed E-state index contributed by atoms with van der Waals surface area (Å²) < 4.78 is 4.91. The lowest BCUT2D eigenvalue weighted by Gasteiger charge is -2.36. The lowest BCUT2D eigenvalue weighted by molar-refractivity contribution is -0.147. The number of amides is 2. The highest BCUT2D eigenvalue weighted by Gasteiger charge is 2.34. The monoisotopic (exact) mass is 363 g/mol. The first kappa shape index (κ1) is 18.9. The number of thiocarbonyl (C=S) groups is 1. The highest BCUT2D eigenvalue weighted by atomic mass is 32.1. The topological polar surface area (TPSA) is 87.7 Å². The van der Waals surface area contributed by atoms with Crippen LogP contribution in [-0.2, 0) is 14.3 Å². The van der Waals surface area contributed by atoms with Crippen molar-refractivity contribution in [1.29, 1.82) is 0 Å². The third-order valence-corrected chi connectivity index (χ3v) is 4.09. The summed E-state index contributed by atoms with van der Waals surface area (Å²) in [5.74, 6) is -1.15. The van der Waals surface area contributed by atoms with Gasteiger partial charge in [-0.2, -0.15) is 0 Å². The van der Waals surface area contributed by atoms with E-state index in [1.54, 1.807) is 30.0 Å². The molecule has 0 spiro atoms. The molecule has 2 rings (SSSR count). The molecule has 2 N–H and O–H groups in total. The molecule has 7 nitrogen and oxygen atoms in total. The number of carbonyl (C=O) groups excluding carboxylic acids is 3. The van der Waals surface area contributed by atoms with Gasteiger partial charge in [-0.15, -0.1) is 0 Å². The summed E-state index contributed by atoms with van der Waals surface area (Å²) in [5, 5.41) is 5.45. The van der Waals surface area contributed by atoms with Crippen LogP contribution in [0.15, 0.2) is 24.3 Å². The molecule has 25 heavy (non-hydrogen) atoms. The van der Waals surface area contributed by atoms with Gasteiger partial charge in [0.25, 0.3) is 5.91 Å². The standard InChI is InChI=1S/C17H21N3O4S/c1-3-24-14(21)10-13-16(23)18-7-8-20(13)17(25)19-15(22)12-6-4-5-11(2)9-12/h4-6,9,13H,3,7-8,10H2,1-2H3,(H,18,23)(H,19,22,25). The molecular formula is C17H21N3O4S. The minimum Gasteiger partial charge on any atom is -0.466 e. The zero-order valence-electron chi connectivity index (χ0n) is 14.2. The molecule has 1 atom stereocenters. The molecule has 0 saturated carbocycles. The van der Waals surface area contributed by atoms with E-state index in [1.807, 2.05) is 13.0 Å². The number of hydrogen-bond donors (Lipinski definition) is 2. The molecule has 1 aliphatic heterocycles. The van der Waals surface area contributed by atoms with Crippen molar-refractivity contribution >= 4 is 35.1 Å². The molecule has 1 aliphatic rings. The Bertz CT molecular complexity index is 692. The molecule has 0 radical (unpaired) electrons. The van der Waals surface area contributed by atoms with Crippen LogP contribution in [0.1, 0.15) is 29.3 Å². The van der Waals surface area contributed by atoms with Crippen LogP contribution in [-0.4, -0.2) is 53.5 Å². The van der Waals surface area contributed by atoms with Gasteiger partial charge in [0, 0.05) is 18.7 Å². The average molecular weight is 363 g/mol. The molecule has 1 aromatic carbocycles. The van der Waals surface area contributed by atoms with E-state index < -0.39 is 12.0 Å². The quantitative estimate of drug-likeness (QED) is 0.607. The number of rotatable bonds is 4. The molecule has 0 bridgehead atoms. The van der Waals surface area contributed by atoms with E-state index in [2.05, 4.69) is 10.6 Å². The van der Waals surface area contributed by atoms with Crippen LogP contribution in [0.4, 0.5) is 0 Å². The summed E-state index contributed by atoms with van der Waals surface area (Å²) in [6.45, 7) is 4.62. The fraction of sp³-hybridized carbons (Fsp3) is 0.412. The summed E-state index contributed by atoms with van der Waals surface area (Å²) in [5.41, 5.74) is 1.43. The Hall–Kier alpha value is -2.48. The number of piperazine rings is 1. The van der Waals surface area contributed by atoms with Crippen molar-refractivity contribution in [3.8, 4) is 0 Å². The van der Waals surface area contributed by atoms with Crippen molar-refractivity contribution < 1.29 is 19.1 Å². The number of benzene rings is 1. The van der Waals surface area contributed by atoms with E-state index in [4.69, 9.17) is 17.0 Å². The second-order valence-corrected chi connectivity index (χ2v) is 6.02. The molecule has 0 aliphatic carbocycles. The van der Waals surface area contributed by atoms with Gasteiger partial charge in [0.15, 0.2) is 5.11 Å². The predicted octanol–water partition coefficient (Wildman–Crippen LogP) is 0.763. The minimum atomic E-state index is -0.793. The van der Waals surface area contributed by atoms with Crippen LogP contribution in [0.2, 0.25) is 0 Å². The molecule has 1 fully saturated rings. The second kappa shape index (κ2) is 8.57. The molecular weight excluding hydrogens is 342 g/mol. The lowest BCUT2D eigenvalue weighted by Crippen LogP contribution is -2.60. The summed E-state index contributed by atoms with van der Waals surface area (Å²) in [6, 6.07) is 6.31. The first-order chi connectivity index (χ1) is 11.9. The van der Waals surface area contributed by atoms with Crippen LogP contribution in [0.5, 0.6) is 0 Å². The van der Waals surface area contributed by atoms with E-state index in [0.29, 0.717) is 18.7 Å². The predicted molar refractivity (Wildman–Crippen MR) is 96.0 cm³/mol. The van der Waals surface area contributed by atoms with Gasteiger partial charge in [-0.1, -0.05) is 17.7 Å². The number of aryl methyl sites for hydroxylation is 1. The Morgan fingerprint density at radius 3 is 2.88 bits per heavy atom. The van der Waals surface area contributed by atoms with Crippen LogP contribution in [0.25, 0.3) is 0 Å². The van der Waals surface area contributed by atoms with E-state index in [-0.39, 0.29) is 30.0 Å². The molecule has 0 aromatic heterocycles. The van der Waals surface area contributed by atoms with Gasteiger partial charge in [-0.05, 0) is 38.2 Å². The van der Waals surface area contributed by atoms with Crippen molar-refractivity contribution in [1.82, 2.24) is 15.5 Å². The third kappa shape index (κ3) is 4.99. The maximum Gasteiger partial charge on any atom is 0.308 e. The van der Waals surface area contributed by atoms with Crippen LogP contribution in [0.3, 0.4) is 0 Å². The van der Waals surface area contributed by atoms with Gasteiger partial charge in [-0.25, -0.2) is 0 Å². The maximum atomic E-state index is 12.3. The highest BCUT2D eigenvalue weighted by molar-refractivity contribution is 7.80. The van der Waals surface area contributed by atoms with Crippen molar-refractivity contribution in [2.75, 3.05) is 19.7 Å². The Kier molecular flexibility index (Phi) is 6.46. The van der Waals surface area contributed by atoms with E-state index >= 15 is 0 Å². The number of hydrogen-bond acceptors (Lipinski definition) is 5. The van der Waals surface area contributed by atoms with Crippen LogP contribution < -0.4 is 10.6 Å². The van der Waals surface area contributed by atoms with Gasteiger partial charge in [0.05, 0.1) is 13.0 Å². The molecule has 1 unspecified atom stereocenters. The number of carbonyl (C=O) groups is 3. The smallest absolute Gasteiger partial charge is 0.308 e. The number of ether oxygens (including phenoxy) is 1.